The van der Waals surface area contributed by atoms with Crippen LogP contribution in [0, 0.1) is 5.92 Å². The Hall–Kier alpha value is -11.4. The van der Waals surface area contributed by atoms with Crippen LogP contribution >= 0.6 is 69.6 Å². The highest BCUT2D eigenvalue weighted by Gasteiger charge is 2.44. The number of benzene rings is 3. The zero-order valence-corrected chi connectivity index (χ0v) is 69.7. The van der Waals surface area contributed by atoms with E-state index in [0.717, 1.165) is 29.5 Å². The van der Waals surface area contributed by atoms with Crippen molar-refractivity contribution in [2.45, 2.75) is 81.8 Å². The van der Waals surface area contributed by atoms with Crippen molar-refractivity contribution in [3.63, 3.8) is 0 Å². The van der Waals surface area contributed by atoms with Crippen LogP contribution in [-0.4, -0.2) is 211 Å². The Bertz CT molecular complexity index is 5120. The summed E-state index contributed by atoms with van der Waals surface area (Å²) >= 11 is 40.0. The predicted octanol–water partition coefficient (Wildman–Crippen LogP) is 9.95. The molecule has 0 radical (unpaired) electrons. The largest absolute Gasteiger partial charge is 0.495 e. The molecule has 3 aromatic carbocycles. The van der Waals surface area contributed by atoms with Gasteiger partial charge >= 0.3 is 18.1 Å². The summed E-state index contributed by atoms with van der Waals surface area (Å²) in [5.41, 5.74) is 4.30. The first-order valence-corrected chi connectivity index (χ1v) is 39.1. The lowest BCUT2D eigenvalue weighted by atomic mass is 10.1. The minimum absolute atomic E-state index is 0.0800. The smallest absolute Gasteiger partial charge is 0.330 e. The number of nitrogens with zero attached hydrogens (tertiary/aromatic N) is 15. The third-order valence-corrected chi connectivity index (χ3v) is 22.2. The molecule has 15 rings (SSSR count). The van der Waals surface area contributed by atoms with Crippen LogP contribution in [-0.2, 0) is 68.4 Å². The molecule has 0 bridgehead atoms. The van der Waals surface area contributed by atoms with Crippen molar-refractivity contribution in [2.24, 2.45) is 13.0 Å². The number of nitrogens with one attached hydrogen (secondary N) is 7. The number of fused-ring (bicyclic) bond motifs is 3. The molecule has 6 unspecified atom stereocenters. The number of amides is 9. The quantitative estimate of drug-likeness (QED) is 0.0235. The number of urea groups is 3. The van der Waals surface area contributed by atoms with Gasteiger partial charge < -0.3 is 74.5 Å². The number of hydrogen-bond donors (Lipinski definition) is 7. The van der Waals surface area contributed by atoms with E-state index >= 15 is 0 Å². The summed E-state index contributed by atoms with van der Waals surface area (Å²) in [6.45, 7) is 13.6. The summed E-state index contributed by atoms with van der Waals surface area (Å²) in [4.78, 5) is 114. The number of rotatable bonds is 27. The summed E-state index contributed by atoms with van der Waals surface area (Å²) in [5, 5.41) is 30.2. The van der Waals surface area contributed by atoms with Gasteiger partial charge in [-0.3, -0.25) is 53.6 Å². The van der Waals surface area contributed by atoms with Crippen molar-refractivity contribution in [3.05, 3.63) is 157 Å². The molecular weight excluding hydrogens is 1670 g/mol. The third kappa shape index (κ3) is 18.6. The number of halogens is 6. The second kappa shape index (κ2) is 37.7. The fourth-order valence-electron chi connectivity index (χ4n) is 13.7. The van der Waals surface area contributed by atoms with E-state index in [2.05, 4.69) is 86.9 Å². The van der Waals surface area contributed by atoms with Crippen LogP contribution in [0.4, 0.5) is 66.7 Å². The molecule has 628 valence electrons. The van der Waals surface area contributed by atoms with Crippen molar-refractivity contribution in [1.29, 1.82) is 0 Å². The maximum absolute atomic E-state index is 14.1. The Labute approximate surface area is 711 Å². The molecular formula is C76H82Cl6N22O15. The molecule has 11 heterocycles. The second-order valence-electron chi connectivity index (χ2n) is 27.7. The molecule has 43 heteroatoms. The summed E-state index contributed by atoms with van der Waals surface area (Å²) in [6, 6.07) is 1.81. The number of aryl methyl sites for hydroxylation is 1. The normalized spacial score (nSPS) is 19.1. The maximum atomic E-state index is 14.1. The van der Waals surface area contributed by atoms with Crippen LogP contribution in [0.15, 0.2) is 99.5 Å². The number of methoxy groups -OCH3 is 6. The SMILES string of the molecule is C=CC(=O)NC1COCC1Nc1ncc2c(n1)N(CC1CC1)C(=O)N(c1c(Cl)c(OC)cc(OC)c1Cl)C2.C=CC(=O)NC1COCC1Nc1ncc2c(n1)N(Cc1cn[nH]c1)C(=O)N(c1c(Cl)c(OC)cc(OC)c1Cl)C2.C=CC(=O)NC1COCC1Nc1ncc2c(n1)N(Cc1cnn(C)c1)C(=O)N(c1c(Cl)c(OC)cc(OC)c1Cl)C2. The van der Waals surface area contributed by atoms with Gasteiger partial charge in [0.25, 0.3) is 0 Å². The highest BCUT2D eigenvalue weighted by Crippen LogP contribution is 2.52. The molecule has 1 saturated carbocycles. The van der Waals surface area contributed by atoms with E-state index in [1.807, 2.05) is 6.20 Å². The van der Waals surface area contributed by atoms with E-state index in [4.69, 9.17) is 122 Å². The number of aromatic amines is 1. The van der Waals surface area contributed by atoms with Crippen LogP contribution < -0.4 is 89.7 Å². The van der Waals surface area contributed by atoms with Crippen LogP contribution in [0.3, 0.4) is 0 Å². The van der Waals surface area contributed by atoms with E-state index < -0.39 is 12.1 Å². The van der Waals surface area contributed by atoms with E-state index in [1.54, 1.807) is 72.0 Å². The number of ether oxygens (including phenoxy) is 9. The number of H-pyrrole nitrogens is 1. The van der Waals surface area contributed by atoms with Crippen molar-refractivity contribution >= 4 is 158 Å². The first-order valence-electron chi connectivity index (χ1n) is 36.8. The average Bonchev–Trinajstić information content (AvgIpc) is 0.967. The van der Waals surface area contributed by atoms with Crippen LogP contribution in [0.5, 0.6) is 34.5 Å². The molecule has 8 aromatic rings. The number of carbonyl (C=O) groups excluding carboxylic acids is 6. The molecule has 3 saturated heterocycles. The van der Waals surface area contributed by atoms with Gasteiger partial charge in [-0.2, -0.15) is 25.1 Å². The maximum Gasteiger partial charge on any atom is 0.330 e. The molecule has 37 nitrogen and oxygen atoms in total. The van der Waals surface area contributed by atoms with Crippen molar-refractivity contribution in [1.82, 2.24) is 65.8 Å². The molecule has 6 aliphatic heterocycles. The number of carbonyl (C=O) groups is 6. The monoisotopic (exact) mass is 1750 g/mol. The minimum Gasteiger partial charge on any atom is -0.495 e. The minimum atomic E-state index is -0.433. The Kier molecular flexibility index (Phi) is 27.1. The van der Waals surface area contributed by atoms with Gasteiger partial charge in [0.05, 0.1) is 181 Å². The predicted molar refractivity (Wildman–Crippen MR) is 445 cm³/mol. The third-order valence-electron chi connectivity index (χ3n) is 20.0. The molecule has 6 atom stereocenters. The molecule has 0 spiro atoms. The lowest BCUT2D eigenvalue weighted by Gasteiger charge is -2.37. The topological polar surface area (TPSA) is 401 Å². The molecule has 7 N–H and O–H groups in total. The highest BCUT2D eigenvalue weighted by atomic mass is 35.5. The van der Waals surface area contributed by atoms with Crippen LogP contribution in [0.2, 0.25) is 30.1 Å². The van der Waals surface area contributed by atoms with Gasteiger partial charge in [0.1, 0.15) is 82.1 Å². The highest BCUT2D eigenvalue weighted by molar-refractivity contribution is 6.44. The lowest BCUT2D eigenvalue weighted by Crippen LogP contribution is -2.49. The summed E-state index contributed by atoms with van der Waals surface area (Å²) < 4.78 is 50.7. The van der Waals surface area contributed by atoms with Crippen molar-refractivity contribution in [3.8, 4) is 34.5 Å². The second-order valence-corrected chi connectivity index (χ2v) is 30.0. The number of anilines is 9. The van der Waals surface area contributed by atoms with Gasteiger partial charge in [-0.1, -0.05) is 89.3 Å². The summed E-state index contributed by atoms with van der Waals surface area (Å²) in [6.07, 6.45) is 17.4. The molecule has 7 aliphatic rings. The fraction of sp³-hybridized carbons (Fsp3) is 0.368. The Morgan fingerprint density at radius 2 is 0.790 bits per heavy atom. The summed E-state index contributed by atoms with van der Waals surface area (Å²) in [7, 11) is 10.6. The van der Waals surface area contributed by atoms with E-state index in [1.165, 1.54) is 85.4 Å². The average molecular weight is 1760 g/mol. The molecule has 4 fully saturated rings. The molecule has 119 heavy (non-hydrogen) atoms. The van der Waals surface area contributed by atoms with Gasteiger partial charge in [0.15, 0.2) is 0 Å². The summed E-state index contributed by atoms with van der Waals surface area (Å²) in [5.74, 6) is 3.53. The number of aromatic nitrogens is 10. The zero-order valence-electron chi connectivity index (χ0n) is 65.2. The first kappa shape index (κ1) is 85.5. The standard InChI is InChI=1S/C26H28Cl2N8O5.C25H26Cl2N8O5.C25H28Cl2N6O5/c1-5-20(37)31-16-12-41-13-17(16)32-25-29-8-15-11-35(23-21(27)18(39-3)6-19(40-4)22(23)28)26(38)36(24(15)33-25)10-14-7-30-34(2)9-14;1-4-19(36)31-15-11-40-12-16(15)32-24-28-8-14-10-34(22-20(26)17(38-2)5-18(39-3)21(22)27)25(37)35(23(14)33-24)9-13-6-29-30-7-13;1-4-19(34)29-15-11-38-12-16(15)30-24-28-8-14-10-32(25(35)33(23(14)31-24)9-13-5-6-13)22-20(26)17(36-2)7-18(37-3)21(22)27/h5-9,16-17H,1,10-13H2,2-4H3,(H,31,37)(H,29,32,33);4-8,15-16H,1,9-12H2,2-3H3,(H,29,30)(H,31,36)(H,28,32,33);4,7-8,13,15-16H,1,5-6,9-12H2,2-3H3,(H,29,34)(H,28,30,31). The van der Waals surface area contributed by atoms with Crippen LogP contribution in [0.1, 0.15) is 40.7 Å². The fourth-order valence-corrected chi connectivity index (χ4v) is 15.9. The van der Waals surface area contributed by atoms with Gasteiger partial charge in [-0.15, -0.1) is 0 Å². The molecule has 1 aliphatic carbocycles. The van der Waals surface area contributed by atoms with Crippen molar-refractivity contribution in [2.75, 3.05) is 134 Å². The van der Waals surface area contributed by atoms with Crippen LogP contribution in [0.25, 0.3) is 0 Å². The Morgan fingerprint density at radius 3 is 1.08 bits per heavy atom. The Balaban J connectivity index is 0.000000155. The molecule has 9 amide bonds. The number of hydrogen-bond acceptors (Lipinski definition) is 26. The lowest BCUT2D eigenvalue weighted by molar-refractivity contribution is -0.118. The van der Waals surface area contributed by atoms with Gasteiger partial charge in [0, 0.05) is 90.6 Å². The van der Waals surface area contributed by atoms with Crippen molar-refractivity contribution < 1.29 is 71.4 Å². The van der Waals surface area contributed by atoms with Gasteiger partial charge in [-0.05, 0) is 37.0 Å². The molecule has 5 aromatic heterocycles. The van der Waals surface area contributed by atoms with E-state index in [9.17, 15) is 28.8 Å². The van der Waals surface area contributed by atoms with E-state index in [-0.39, 0.29) is 146 Å². The van der Waals surface area contributed by atoms with Gasteiger partial charge in [0.2, 0.25) is 35.6 Å². The zero-order chi connectivity index (χ0) is 84.6. The van der Waals surface area contributed by atoms with E-state index in [0.29, 0.717) is 127 Å². The Morgan fingerprint density at radius 1 is 0.471 bits per heavy atom. The first-order chi connectivity index (χ1) is 57.4. The van der Waals surface area contributed by atoms with Gasteiger partial charge in [-0.25, -0.2) is 29.3 Å².